The number of thiazole rings is 1. The lowest BCUT2D eigenvalue weighted by Crippen LogP contribution is -2.59. The Kier molecular flexibility index (Phi) is 5.31. The van der Waals surface area contributed by atoms with Crippen molar-refractivity contribution in [3.05, 3.63) is 45.5 Å². The summed E-state index contributed by atoms with van der Waals surface area (Å²) in [4.78, 5) is 23.8. The SMILES string of the molecule is Cc1ncc(C2CC=NN2C(=O)N2CC(Oc3nc(-c4c(C)cnn4C)c(F)cc3F)C2)s1. The van der Waals surface area contributed by atoms with Crippen LogP contribution in [0, 0.1) is 25.5 Å². The minimum atomic E-state index is -0.898. The van der Waals surface area contributed by atoms with Crippen molar-refractivity contribution in [2.75, 3.05) is 13.1 Å². The van der Waals surface area contributed by atoms with E-state index < -0.39 is 17.7 Å². The normalized spacial score (nSPS) is 18.2. The van der Waals surface area contributed by atoms with Crippen LogP contribution in [0.1, 0.15) is 27.9 Å². The van der Waals surface area contributed by atoms with Crippen LogP contribution in [0.3, 0.4) is 0 Å². The first kappa shape index (κ1) is 21.4. The fraction of sp³-hybridized carbons (Fsp3) is 0.381. The van der Waals surface area contributed by atoms with Crippen molar-refractivity contribution in [2.45, 2.75) is 32.4 Å². The molecule has 1 fully saturated rings. The highest BCUT2D eigenvalue weighted by Crippen LogP contribution is 2.34. The molecular formula is C21H21F2N7O2S. The Labute approximate surface area is 192 Å². The van der Waals surface area contributed by atoms with Gasteiger partial charge < -0.3 is 9.64 Å². The van der Waals surface area contributed by atoms with Crippen LogP contribution in [-0.2, 0) is 7.05 Å². The standard InChI is InChI=1S/C21H21F2N7O2S/c1-11-7-26-28(3)19(11)18-14(22)6-15(23)20(27-18)32-13-9-29(10-13)21(31)30-16(4-5-25-30)17-8-24-12(2)33-17/h5-8,13,16H,4,9-10H2,1-3H3. The van der Waals surface area contributed by atoms with Gasteiger partial charge in [0.1, 0.15) is 11.8 Å². The number of hydrazone groups is 1. The second kappa shape index (κ2) is 8.18. The summed E-state index contributed by atoms with van der Waals surface area (Å²) in [5.41, 5.74) is 1.11. The third-order valence-corrected chi connectivity index (χ3v) is 6.65. The molecule has 2 aliphatic rings. The summed E-state index contributed by atoms with van der Waals surface area (Å²) < 4.78 is 36.0. The molecule has 1 atom stereocenters. The fourth-order valence-corrected chi connectivity index (χ4v) is 4.81. The van der Waals surface area contributed by atoms with Gasteiger partial charge in [0.15, 0.2) is 11.6 Å². The van der Waals surface area contributed by atoms with Crippen LogP contribution in [0.4, 0.5) is 13.6 Å². The zero-order valence-corrected chi connectivity index (χ0v) is 19.0. The lowest BCUT2D eigenvalue weighted by atomic mass is 10.1. The van der Waals surface area contributed by atoms with Crippen molar-refractivity contribution in [3.8, 4) is 17.3 Å². The maximum absolute atomic E-state index is 14.4. The molecule has 0 aliphatic carbocycles. The summed E-state index contributed by atoms with van der Waals surface area (Å²) in [7, 11) is 1.66. The van der Waals surface area contributed by atoms with Crippen molar-refractivity contribution in [1.82, 2.24) is 29.7 Å². The zero-order valence-electron chi connectivity index (χ0n) is 18.2. The number of likely N-dealkylation sites (tertiary alicyclic amines) is 1. The quantitative estimate of drug-likeness (QED) is 0.579. The predicted octanol–water partition coefficient (Wildman–Crippen LogP) is 3.45. The highest BCUT2D eigenvalue weighted by atomic mass is 32.1. The van der Waals surface area contributed by atoms with E-state index >= 15 is 0 Å². The number of ether oxygens (including phenoxy) is 1. The maximum atomic E-state index is 14.4. The molecule has 3 aromatic rings. The average Bonchev–Trinajstić information content (AvgIpc) is 3.46. The second-order valence-electron chi connectivity index (χ2n) is 8.01. The Morgan fingerprint density at radius 1 is 1.21 bits per heavy atom. The zero-order chi connectivity index (χ0) is 23.3. The minimum absolute atomic E-state index is 0.0368. The predicted molar refractivity (Wildman–Crippen MR) is 117 cm³/mol. The first-order valence-corrected chi connectivity index (χ1v) is 11.2. The number of aryl methyl sites for hydroxylation is 3. The van der Waals surface area contributed by atoms with E-state index in [0.29, 0.717) is 17.7 Å². The maximum Gasteiger partial charge on any atom is 0.341 e. The van der Waals surface area contributed by atoms with E-state index in [0.717, 1.165) is 16.0 Å². The molecule has 0 aromatic carbocycles. The first-order valence-electron chi connectivity index (χ1n) is 10.4. The van der Waals surface area contributed by atoms with Gasteiger partial charge in [-0.25, -0.2) is 28.6 Å². The molecule has 12 heteroatoms. The van der Waals surface area contributed by atoms with Crippen LogP contribution in [-0.4, -0.2) is 61.1 Å². The number of aromatic nitrogens is 4. The molecule has 1 saturated heterocycles. The Bertz CT molecular complexity index is 1230. The van der Waals surface area contributed by atoms with Crippen LogP contribution in [0.25, 0.3) is 11.4 Å². The van der Waals surface area contributed by atoms with E-state index in [9.17, 15) is 13.6 Å². The lowest BCUT2D eigenvalue weighted by molar-refractivity contribution is 0.0231. The number of rotatable bonds is 4. The van der Waals surface area contributed by atoms with Crippen molar-refractivity contribution >= 4 is 23.6 Å². The van der Waals surface area contributed by atoms with E-state index in [4.69, 9.17) is 4.74 Å². The van der Waals surface area contributed by atoms with E-state index in [2.05, 4.69) is 20.2 Å². The van der Waals surface area contributed by atoms with Crippen LogP contribution < -0.4 is 4.74 Å². The molecule has 1 unspecified atom stereocenters. The molecule has 3 aromatic heterocycles. The summed E-state index contributed by atoms with van der Waals surface area (Å²) in [5.74, 6) is -2.00. The third kappa shape index (κ3) is 3.84. The molecule has 33 heavy (non-hydrogen) atoms. The van der Waals surface area contributed by atoms with E-state index in [1.165, 1.54) is 21.0 Å². The van der Waals surface area contributed by atoms with Gasteiger partial charge >= 0.3 is 6.03 Å². The van der Waals surface area contributed by atoms with Crippen molar-refractivity contribution in [3.63, 3.8) is 0 Å². The van der Waals surface area contributed by atoms with Gasteiger partial charge in [-0.3, -0.25) is 4.68 Å². The van der Waals surface area contributed by atoms with E-state index in [-0.39, 0.29) is 36.7 Å². The van der Waals surface area contributed by atoms with Crippen molar-refractivity contribution in [2.24, 2.45) is 12.1 Å². The summed E-state index contributed by atoms with van der Waals surface area (Å²) >= 11 is 1.54. The topological polar surface area (TPSA) is 88.7 Å². The van der Waals surface area contributed by atoms with Crippen LogP contribution in [0.5, 0.6) is 5.88 Å². The number of halogens is 2. The molecule has 9 nitrogen and oxygen atoms in total. The van der Waals surface area contributed by atoms with Gasteiger partial charge in [-0.05, 0) is 19.4 Å². The highest BCUT2D eigenvalue weighted by Gasteiger charge is 2.40. The first-order chi connectivity index (χ1) is 15.8. The molecule has 5 rings (SSSR count). The molecule has 2 amide bonds. The third-order valence-electron chi connectivity index (χ3n) is 5.63. The molecular weight excluding hydrogens is 452 g/mol. The van der Waals surface area contributed by atoms with Crippen LogP contribution >= 0.6 is 11.3 Å². The Morgan fingerprint density at radius 2 is 2.00 bits per heavy atom. The van der Waals surface area contributed by atoms with Gasteiger partial charge in [-0.1, -0.05) is 0 Å². The van der Waals surface area contributed by atoms with Gasteiger partial charge in [-0.15, -0.1) is 11.3 Å². The van der Waals surface area contributed by atoms with Crippen molar-refractivity contribution < 1.29 is 18.3 Å². The van der Waals surface area contributed by atoms with Crippen molar-refractivity contribution in [1.29, 1.82) is 0 Å². The number of urea groups is 1. The molecule has 0 bridgehead atoms. The Balaban J connectivity index is 1.26. The molecule has 172 valence electrons. The number of hydrogen-bond acceptors (Lipinski definition) is 7. The smallest absolute Gasteiger partial charge is 0.341 e. The van der Waals surface area contributed by atoms with Gasteiger partial charge in [0.2, 0.25) is 0 Å². The number of amides is 2. The average molecular weight is 474 g/mol. The van der Waals surface area contributed by atoms with Gasteiger partial charge in [-0.2, -0.15) is 10.2 Å². The number of nitrogens with zero attached hydrogens (tertiary/aromatic N) is 7. The summed E-state index contributed by atoms with van der Waals surface area (Å²) in [5, 5.41) is 10.7. The summed E-state index contributed by atoms with van der Waals surface area (Å²) in [6.07, 6.45) is 5.23. The number of carbonyl (C=O) groups excluding carboxylic acids is 1. The highest BCUT2D eigenvalue weighted by molar-refractivity contribution is 7.11. The number of carbonyl (C=O) groups is 1. The van der Waals surface area contributed by atoms with Crippen LogP contribution in [0.2, 0.25) is 0 Å². The number of pyridine rings is 1. The van der Waals surface area contributed by atoms with E-state index in [1.54, 1.807) is 37.5 Å². The molecule has 0 radical (unpaired) electrons. The lowest BCUT2D eigenvalue weighted by Gasteiger charge is -2.40. The molecule has 5 heterocycles. The Morgan fingerprint density at radius 3 is 2.67 bits per heavy atom. The molecule has 0 spiro atoms. The molecule has 0 saturated carbocycles. The molecule has 0 N–H and O–H groups in total. The van der Waals surface area contributed by atoms with Gasteiger partial charge in [0.25, 0.3) is 5.88 Å². The largest absolute Gasteiger partial charge is 0.468 e. The minimum Gasteiger partial charge on any atom is -0.468 e. The van der Waals surface area contributed by atoms with Gasteiger partial charge in [0.05, 0.1) is 36.0 Å². The second-order valence-corrected chi connectivity index (χ2v) is 9.28. The molecule has 2 aliphatic heterocycles. The Hall–Kier alpha value is -3.41. The summed E-state index contributed by atoms with van der Waals surface area (Å²) in [6.45, 7) is 4.18. The van der Waals surface area contributed by atoms with E-state index in [1.807, 2.05) is 6.92 Å². The fourth-order valence-electron chi connectivity index (χ4n) is 3.92. The van der Waals surface area contributed by atoms with Crippen LogP contribution in [0.15, 0.2) is 23.6 Å². The van der Waals surface area contributed by atoms with Gasteiger partial charge in [0, 0.05) is 36.8 Å². The summed E-state index contributed by atoms with van der Waals surface area (Å²) in [6, 6.07) is 0.328. The monoisotopic (exact) mass is 473 g/mol. The number of hydrogen-bond donors (Lipinski definition) is 0.